The fourth-order valence-electron chi connectivity index (χ4n) is 3.44. The van der Waals surface area contributed by atoms with Gasteiger partial charge in [-0.15, -0.1) is 11.3 Å². The minimum atomic E-state index is -3.83. The van der Waals surface area contributed by atoms with Gasteiger partial charge in [0, 0.05) is 10.3 Å². The van der Waals surface area contributed by atoms with Crippen LogP contribution in [0.25, 0.3) is 10.8 Å². The van der Waals surface area contributed by atoms with Crippen molar-refractivity contribution in [3.8, 4) is 0 Å². The fraction of sp³-hybridized carbons (Fsp3) is 0.158. The third-order valence-corrected chi connectivity index (χ3v) is 7.78. The van der Waals surface area contributed by atoms with Gasteiger partial charge < -0.3 is 11.1 Å². The summed E-state index contributed by atoms with van der Waals surface area (Å²) < 4.78 is 27.0. The first-order valence-corrected chi connectivity index (χ1v) is 10.7. The highest BCUT2D eigenvalue weighted by Crippen LogP contribution is 2.42. The minimum absolute atomic E-state index is 0.189. The van der Waals surface area contributed by atoms with Crippen LogP contribution in [-0.2, 0) is 14.8 Å². The maximum Gasteiger partial charge on any atom is 0.265 e. The molecule has 3 N–H and O–H groups in total. The van der Waals surface area contributed by atoms with E-state index in [9.17, 15) is 18.0 Å². The number of aryl methyl sites for hydroxylation is 1. The number of rotatable bonds is 4. The number of amides is 2. The van der Waals surface area contributed by atoms with Crippen LogP contribution in [0.4, 0.5) is 10.7 Å². The van der Waals surface area contributed by atoms with Crippen LogP contribution in [0, 0.1) is 13.8 Å². The molecule has 0 spiro atoms. The largest absolute Gasteiger partial charge is 0.365 e. The van der Waals surface area contributed by atoms with E-state index in [0.29, 0.717) is 21.6 Å². The van der Waals surface area contributed by atoms with Crippen LogP contribution in [-0.4, -0.2) is 26.8 Å². The van der Waals surface area contributed by atoms with Crippen molar-refractivity contribution in [1.29, 1.82) is 0 Å². The summed E-state index contributed by atoms with van der Waals surface area (Å²) in [6.45, 7) is 3.18. The van der Waals surface area contributed by atoms with Crippen LogP contribution in [0.3, 0.4) is 0 Å². The normalized spacial score (nSPS) is 14.4. The number of nitrogens with two attached hydrogens (primary N) is 1. The van der Waals surface area contributed by atoms with Gasteiger partial charge in [-0.3, -0.25) is 13.9 Å². The van der Waals surface area contributed by atoms with E-state index in [4.69, 9.17) is 5.73 Å². The average Bonchev–Trinajstić information content (AvgIpc) is 3.02. The molecule has 9 heteroatoms. The zero-order valence-corrected chi connectivity index (χ0v) is 16.8. The zero-order valence-electron chi connectivity index (χ0n) is 15.1. The molecule has 3 aromatic rings. The number of anilines is 2. The molecule has 0 unspecified atom stereocenters. The van der Waals surface area contributed by atoms with Gasteiger partial charge in [0.1, 0.15) is 11.5 Å². The zero-order chi connectivity index (χ0) is 20.2. The Kier molecular flexibility index (Phi) is 4.16. The lowest BCUT2D eigenvalue weighted by molar-refractivity contribution is -0.114. The molecular weight excluding hydrogens is 398 g/mol. The lowest BCUT2D eigenvalue weighted by Gasteiger charge is -2.18. The number of nitrogens with one attached hydrogen (secondary N) is 1. The highest BCUT2D eigenvalue weighted by atomic mass is 32.2. The monoisotopic (exact) mass is 415 g/mol. The first-order chi connectivity index (χ1) is 13.2. The predicted molar refractivity (Wildman–Crippen MR) is 109 cm³/mol. The Bertz CT molecular complexity index is 1260. The fourth-order valence-corrected chi connectivity index (χ4v) is 6.19. The van der Waals surface area contributed by atoms with Crippen LogP contribution in [0.5, 0.6) is 0 Å². The Balaban J connectivity index is 1.68. The van der Waals surface area contributed by atoms with Crippen molar-refractivity contribution in [1.82, 2.24) is 0 Å². The van der Waals surface area contributed by atoms with E-state index in [2.05, 4.69) is 5.32 Å². The summed E-state index contributed by atoms with van der Waals surface area (Å²) in [5.41, 5.74) is 6.86. The molecule has 0 fully saturated rings. The molecule has 2 heterocycles. The van der Waals surface area contributed by atoms with Gasteiger partial charge >= 0.3 is 0 Å². The van der Waals surface area contributed by atoms with E-state index in [1.54, 1.807) is 25.1 Å². The molecule has 4 rings (SSSR count). The van der Waals surface area contributed by atoms with E-state index >= 15 is 0 Å². The van der Waals surface area contributed by atoms with Gasteiger partial charge in [-0.05, 0) is 36.9 Å². The number of sulfonamides is 1. The minimum Gasteiger partial charge on any atom is -0.365 e. The second-order valence-corrected chi connectivity index (χ2v) is 9.60. The van der Waals surface area contributed by atoms with Crippen LogP contribution < -0.4 is 15.4 Å². The third-order valence-electron chi connectivity index (χ3n) is 4.85. The maximum absolute atomic E-state index is 13.0. The van der Waals surface area contributed by atoms with Crippen molar-refractivity contribution in [3.63, 3.8) is 0 Å². The topological polar surface area (TPSA) is 110 Å². The number of carbonyl (C=O) groups excluding carboxylic acids is 2. The summed E-state index contributed by atoms with van der Waals surface area (Å²) in [5.74, 6) is -1.18. The van der Waals surface area contributed by atoms with Crippen LogP contribution in [0.1, 0.15) is 20.8 Å². The summed E-state index contributed by atoms with van der Waals surface area (Å²) in [7, 11) is -3.83. The molecule has 0 radical (unpaired) electrons. The van der Waals surface area contributed by atoms with Gasteiger partial charge in [-0.1, -0.05) is 24.3 Å². The molecular formula is C19H17N3O4S2. The second-order valence-electron chi connectivity index (χ2n) is 6.54. The highest BCUT2D eigenvalue weighted by Gasteiger charge is 2.36. The van der Waals surface area contributed by atoms with Gasteiger partial charge in [0.2, 0.25) is 5.91 Å². The molecule has 0 aliphatic carbocycles. The Morgan fingerprint density at radius 1 is 1.14 bits per heavy atom. The Morgan fingerprint density at radius 2 is 1.82 bits per heavy atom. The highest BCUT2D eigenvalue weighted by molar-refractivity contribution is 7.93. The summed E-state index contributed by atoms with van der Waals surface area (Å²) in [6, 6.07) is 10.3. The SMILES string of the molecule is Cc1sc(NC(=O)CN2c3cccc4cccc(c34)S2(=O)=O)c(C(N)=O)c1C. The standard InChI is InChI=1S/C19H17N3O4S2/c1-10-11(2)27-19(16(10)18(20)24)21-15(23)9-22-13-7-3-5-12-6-4-8-14(17(12)13)28(22,25)26/h3-8H,9H2,1-2H3,(H2,20,24)(H,21,23). The number of primary amides is 1. The summed E-state index contributed by atoms with van der Waals surface area (Å²) in [4.78, 5) is 25.4. The Labute approximate surface area is 165 Å². The molecule has 2 aromatic carbocycles. The Morgan fingerprint density at radius 3 is 2.50 bits per heavy atom. The van der Waals surface area contributed by atoms with Crippen molar-refractivity contribution in [3.05, 3.63) is 52.4 Å². The molecule has 1 aliphatic rings. The second kappa shape index (κ2) is 6.32. The van der Waals surface area contributed by atoms with E-state index in [1.807, 2.05) is 19.1 Å². The molecule has 1 aliphatic heterocycles. The number of carbonyl (C=O) groups is 2. The van der Waals surface area contributed by atoms with E-state index in [1.165, 1.54) is 17.4 Å². The van der Waals surface area contributed by atoms with Crippen LogP contribution >= 0.6 is 11.3 Å². The number of benzene rings is 2. The van der Waals surface area contributed by atoms with Crippen molar-refractivity contribution in [2.45, 2.75) is 18.7 Å². The smallest absolute Gasteiger partial charge is 0.265 e. The van der Waals surface area contributed by atoms with Crippen LogP contribution in [0.2, 0.25) is 0 Å². The van der Waals surface area contributed by atoms with Gasteiger partial charge in [-0.2, -0.15) is 0 Å². The third kappa shape index (κ3) is 2.66. The Hall–Kier alpha value is -2.91. The first kappa shape index (κ1) is 18.5. The van der Waals surface area contributed by atoms with Crippen molar-refractivity contribution < 1.29 is 18.0 Å². The van der Waals surface area contributed by atoms with Crippen LogP contribution in [0.15, 0.2) is 41.3 Å². The predicted octanol–water partition coefficient (Wildman–Crippen LogP) is 2.76. The van der Waals surface area contributed by atoms with E-state index < -0.39 is 28.4 Å². The molecule has 0 saturated heterocycles. The molecule has 2 amide bonds. The number of hydrogen-bond donors (Lipinski definition) is 2. The number of thiophene rings is 1. The molecule has 0 atom stereocenters. The summed E-state index contributed by atoms with van der Waals surface area (Å²) in [5, 5.41) is 4.39. The van der Waals surface area contributed by atoms with Gasteiger partial charge in [0.15, 0.2) is 0 Å². The molecule has 7 nitrogen and oxygen atoms in total. The summed E-state index contributed by atoms with van der Waals surface area (Å²) in [6.07, 6.45) is 0. The van der Waals surface area contributed by atoms with Crippen molar-refractivity contribution >= 4 is 54.6 Å². The number of nitrogens with zero attached hydrogens (tertiary/aromatic N) is 1. The lowest BCUT2D eigenvalue weighted by Crippen LogP contribution is -2.35. The lowest BCUT2D eigenvalue weighted by atomic mass is 10.1. The van der Waals surface area contributed by atoms with Crippen molar-refractivity contribution in [2.24, 2.45) is 5.73 Å². The first-order valence-electron chi connectivity index (χ1n) is 8.46. The average molecular weight is 415 g/mol. The van der Waals surface area contributed by atoms with E-state index in [-0.39, 0.29) is 10.5 Å². The van der Waals surface area contributed by atoms with E-state index in [0.717, 1.165) is 14.6 Å². The molecule has 1 aromatic heterocycles. The van der Waals surface area contributed by atoms with Crippen molar-refractivity contribution in [2.75, 3.05) is 16.2 Å². The number of hydrogen-bond acceptors (Lipinski definition) is 5. The summed E-state index contributed by atoms with van der Waals surface area (Å²) >= 11 is 1.24. The quantitative estimate of drug-likeness (QED) is 0.683. The van der Waals surface area contributed by atoms with Gasteiger partial charge in [-0.25, -0.2) is 8.42 Å². The molecule has 144 valence electrons. The van der Waals surface area contributed by atoms with Gasteiger partial charge in [0.05, 0.1) is 16.1 Å². The molecule has 0 saturated carbocycles. The maximum atomic E-state index is 13.0. The van der Waals surface area contributed by atoms with Gasteiger partial charge in [0.25, 0.3) is 15.9 Å². The molecule has 0 bridgehead atoms. The molecule has 28 heavy (non-hydrogen) atoms.